The van der Waals surface area contributed by atoms with Crippen LogP contribution in [-0.2, 0) is 16.5 Å². The maximum atomic E-state index is 12.6. The minimum absolute atomic E-state index is 0.0759. The third-order valence-electron chi connectivity index (χ3n) is 2.35. The number of alkyl halides is 3. The first-order valence-electron chi connectivity index (χ1n) is 5.16. The van der Waals surface area contributed by atoms with Crippen LogP contribution in [0.3, 0.4) is 0 Å². The van der Waals surface area contributed by atoms with E-state index < -0.39 is 22.0 Å². The van der Waals surface area contributed by atoms with Gasteiger partial charge in [-0.15, -0.1) is 5.10 Å². The average Bonchev–Trinajstić information content (AvgIpc) is 2.70. The molecule has 0 fully saturated rings. The number of rotatable bonds is 3. The van der Waals surface area contributed by atoms with Gasteiger partial charge in [-0.3, -0.25) is 4.28 Å². The summed E-state index contributed by atoms with van der Waals surface area (Å²) >= 11 is 0. The van der Waals surface area contributed by atoms with Crippen LogP contribution in [0.1, 0.15) is 5.56 Å². The largest absolute Gasteiger partial charge is 0.416 e. The second-order valence-electron chi connectivity index (χ2n) is 3.98. The Hall–Kier alpha value is -1.88. The molecule has 11 heteroatoms. The van der Waals surface area contributed by atoms with Gasteiger partial charge in [-0.1, -0.05) is 4.85 Å². The lowest BCUT2D eigenvalue weighted by Gasteiger charge is -2.11. The third-order valence-corrected chi connectivity index (χ3v) is 3.58. The number of hydrogen-bond donors (Lipinski definition) is 0. The lowest BCUT2D eigenvalue weighted by Crippen LogP contribution is -2.32. The molecule has 0 spiro atoms. The van der Waals surface area contributed by atoms with Crippen molar-refractivity contribution >= 4 is 21.3 Å². The Morgan fingerprint density at radius 1 is 1.30 bits per heavy atom. The zero-order valence-corrected chi connectivity index (χ0v) is 11.1. The van der Waals surface area contributed by atoms with Crippen LogP contribution in [0.15, 0.2) is 18.2 Å². The summed E-state index contributed by atoms with van der Waals surface area (Å²) in [6.45, 7) is 0. The van der Waals surface area contributed by atoms with E-state index in [4.69, 9.17) is 0 Å². The molecule has 0 bridgehead atoms. The van der Waals surface area contributed by atoms with Crippen molar-refractivity contribution in [2.75, 3.05) is 14.1 Å². The van der Waals surface area contributed by atoms with E-state index >= 15 is 0 Å². The van der Waals surface area contributed by atoms with Gasteiger partial charge in [-0.05, 0) is 23.4 Å². The van der Waals surface area contributed by atoms with E-state index in [0.29, 0.717) is 10.9 Å². The van der Waals surface area contributed by atoms with Crippen molar-refractivity contribution in [2.24, 2.45) is 0 Å². The number of benzene rings is 1. The SMILES string of the molecule is CN(C)S(=O)(=O)On1nnc2ccc(C(F)(F)F)cc21. The van der Waals surface area contributed by atoms with E-state index in [9.17, 15) is 21.6 Å². The molecule has 0 saturated heterocycles. The van der Waals surface area contributed by atoms with Crippen molar-refractivity contribution in [3.8, 4) is 0 Å². The molecule has 0 N–H and O–H groups in total. The highest BCUT2D eigenvalue weighted by atomic mass is 32.2. The van der Waals surface area contributed by atoms with Gasteiger partial charge >= 0.3 is 16.5 Å². The van der Waals surface area contributed by atoms with Gasteiger partial charge in [0.2, 0.25) is 0 Å². The summed E-state index contributed by atoms with van der Waals surface area (Å²) in [4.78, 5) is 0.430. The van der Waals surface area contributed by atoms with Crippen LogP contribution in [0.4, 0.5) is 13.2 Å². The Morgan fingerprint density at radius 3 is 2.50 bits per heavy atom. The van der Waals surface area contributed by atoms with E-state index in [0.717, 1.165) is 16.4 Å². The Kier molecular flexibility index (Phi) is 3.34. The van der Waals surface area contributed by atoms with Crippen LogP contribution < -0.4 is 4.28 Å². The molecule has 0 unspecified atom stereocenters. The second-order valence-corrected chi connectivity index (χ2v) is 5.71. The Labute approximate surface area is 111 Å². The number of halogens is 3. The Balaban J connectivity index is 2.51. The molecule has 1 aromatic carbocycles. The van der Waals surface area contributed by atoms with Gasteiger partial charge in [0.15, 0.2) is 0 Å². The minimum Gasteiger partial charge on any atom is -0.255 e. The Bertz CT molecular complexity index is 738. The molecule has 1 aromatic heterocycles. The maximum Gasteiger partial charge on any atom is 0.416 e. The molecule has 0 atom stereocenters. The van der Waals surface area contributed by atoms with E-state index in [2.05, 4.69) is 14.6 Å². The van der Waals surface area contributed by atoms with E-state index in [-0.39, 0.29) is 11.0 Å². The van der Waals surface area contributed by atoms with E-state index in [1.54, 1.807) is 0 Å². The molecule has 0 aliphatic carbocycles. The fourth-order valence-corrected chi connectivity index (χ4v) is 1.71. The highest BCUT2D eigenvalue weighted by Crippen LogP contribution is 2.30. The molecule has 2 aromatic rings. The van der Waals surface area contributed by atoms with E-state index in [1.807, 2.05) is 0 Å². The van der Waals surface area contributed by atoms with Crippen molar-refractivity contribution < 1.29 is 25.9 Å². The molecule has 0 aliphatic heterocycles. The second kappa shape index (κ2) is 4.59. The summed E-state index contributed by atoms with van der Waals surface area (Å²) in [5, 5.41) is 6.88. The van der Waals surface area contributed by atoms with Crippen molar-refractivity contribution in [1.82, 2.24) is 19.5 Å². The summed E-state index contributed by atoms with van der Waals surface area (Å²) < 4.78 is 66.1. The first-order valence-corrected chi connectivity index (χ1v) is 6.53. The molecular formula is C9H9F3N4O3S. The molecule has 0 amide bonds. The lowest BCUT2D eigenvalue weighted by molar-refractivity contribution is -0.137. The molecule has 0 saturated carbocycles. The van der Waals surface area contributed by atoms with Crippen LogP contribution in [0, 0.1) is 0 Å². The Morgan fingerprint density at radius 2 is 1.95 bits per heavy atom. The fourth-order valence-electron chi connectivity index (χ4n) is 1.29. The summed E-state index contributed by atoms with van der Waals surface area (Å²) in [7, 11) is -1.74. The highest BCUT2D eigenvalue weighted by molar-refractivity contribution is 7.84. The predicted octanol–water partition coefficient (Wildman–Crippen LogP) is 0.685. The van der Waals surface area contributed by atoms with E-state index in [1.165, 1.54) is 14.1 Å². The van der Waals surface area contributed by atoms with Crippen LogP contribution >= 0.6 is 0 Å². The van der Waals surface area contributed by atoms with Gasteiger partial charge in [-0.2, -0.15) is 25.9 Å². The summed E-state index contributed by atoms with van der Waals surface area (Å²) in [5.41, 5.74) is -1.09. The maximum absolute atomic E-state index is 12.6. The monoisotopic (exact) mass is 310 g/mol. The van der Waals surface area contributed by atoms with Gasteiger partial charge in [0.25, 0.3) is 0 Å². The third kappa shape index (κ3) is 2.67. The first-order chi connectivity index (χ1) is 9.11. The zero-order chi connectivity index (χ0) is 15.1. The van der Waals surface area contributed by atoms with Gasteiger partial charge in [0.05, 0.1) is 5.56 Å². The van der Waals surface area contributed by atoms with Gasteiger partial charge in [0, 0.05) is 14.1 Å². The smallest absolute Gasteiger partial charge is 0.255 e. The van der Waals surface area contributed by atoms with Crippen molar-refractivity contribution in [2.45, 2.75) is 6.18 Å². The molecule has 110 valence electrons. The predicted molar refractivity (Wildman–Crippen MR) is 61.7 cm³/mol. The molecule has 2 rings (SSSR count). The molecule has 20 heavy (non-hydrogen) atoms. The van der Waals surface area contributed by atoms with Crippen molar-refractivity contribution in [1.29, 1.82) is 0 Å². The topological polar surface area (TPSA) is 77.3 Å². The van der Waals surface area contributed by atoms with Gasteiger partial charge in [0.1, 0.15) is 11.0 Å². The van der Waals surface area contributed by atoms with Gasteiger partial charge in [-0.25, -0.2) is 0 Å². The van der Waals surface area contributed by atoms with Crippen LogP contribution in [-0.4, -0.2) is 42.0 Å². The molecular weight excluding hydrogens is 301 g/mol. The number of aromatic nitrogens is 3. The fraction of sp³-hybridized carbons (Fsp3) is 0.333. The molecule has 0 aliphatic rings. The zero-order valence-electron chi connectivity index (χ0n) is 10.3. The number of hydrogen-bond acceptors (Lipinski definition) is 5. The summed E-state index contributed by atoms with van der Waals surface area (Å²) in [6.07, 6.45) is -4.57. The highest BCUT2D eigenvalue weighted by Gasteiger charge is 2.31. The number of nitrogens with zero attached hydrogens (tertiary/aromatic N) is 4. The van der Waals surface area contributed by atoms with Crippen LogP contribution in [0.25, 0.3) is 11.0 Å². The van der Waals surface area contributed by atoms with Crippen LogP contribution in [0.2, 0.25) is 0 Å². The average molecular weight is 310 g/mol. The molecule has 1 heterocycles. The van der Waals surface area contributed by atoms with Crippen molar-refractivity contribution in [3.05, 3.63) is 23.8 Å². The van der Waals surface area contributed by atoms with Crippen molar-refractivity contribution in [3.63, 3.8) is 0 Å². The normalized spacial score (nSPS) is 13.1. The first kappa shape index (κ1) is 14.5. The number of fused-ring (bicyclic) bond motifs is 1. The summed E-state index contributed by atoms with van der Waals surface area (Å²) in [5.74, 6) is 0. The minimum atomic E-state index is -4.57. The standard InChI is InChI=1S/C9H9F3N4O3S/c1-15(2)20(17,18)19-16-8-5-6(9(10,11)12)3-4-7(8)13-14-16/h3-5H,1-2H3. The quantitative estimate of drug-likeness (QED) is 0.833. The molecule has 0 radical (unpaired) electrons. The summed E-state index contributed by atoms with van der Waals surface area (Å²) in [6, 6.07) is 2.61. The molecule has 7 nitrogen and oxygen atoms in total. The van der Waals surface area contributed by atoms with Gasteiger partial charge < -0.3 is 0 Å². The van der Waals surface area contributed by atoms with Crippen LogP contribution in [0.5, 0.6) is 0 Å². The lowest BCUT2D eigenvalue weighted by atomic mass is 10.2.